The standard InChI is InChI=1S/C19H19ClN2O2/c1-19(2,24)18-8-13(11-23)7-16(22-18)6-12-3-4-17-14(5-12)9-15(20)10-21-17/h3-5,7-10,23-24H,6,11H2,1-2H3. The van der Waals surface area contributed by atoms with Gasteiger partial charge in [0, 0.05) is 23.7 Å². The lowest BCUT2D eigenvalue weighted by atomic mass is 10.00. The van der Waals surface area contributed by atoms with Crippen molar-refractivity contribution < 1.29 is 10.2 Å². The van der Waals surface area contributed by atoms with Crippen LogP contribution >= 0.6 is 11.6 Å². The molecule has 2 aromatic heterocycles. The van der Waals surface area contributed by atoms with Crippen molar-refractivity contribution in [2.75, 3.05) is 0 Å². The number of halogens is 1. The van der Waals surface area contributed by atoms with Gasteiger partial charge in [0.05, 0.1) is 22.8 Å². The highest BCUT2D eigenvalue weighted by molar-refractivity contribution is 6.31. The van der Waals surface area contributed by atoms with Crippen LogP contribution in [0.5, 0.6) is 0 Å². The normalized spacial score (nSPS) is 11.9. The van der Waals surface area contributed by atoms with E-state index in [0.717, 1.165) is 27.7 Å². The molecule has 2 heterocycles. The number of benzene rings is 1. The summed E-state index contributed by atoms with van der Waals surface area (Å²) >= 11 is 6.01. The lowest BCUT2D eigenvalue weighted by molar-refractivity contribution is 0.0734. The molecule has 0 fully saturated rings. The van der Waals surface area contributed by atoms with Crippen molar-refractivity contribution in [3.63, 3.8) is 0 Å². The van der Waals surface area contributed by atoms with Crippen LogP contribution in [-0.2, 0) is 18.6 Å². The van der Waals surface area contributed by atoms with Crippen LogP contribution in [0.4, 0.5) is 0 Å². The highest BCUT2D eigenvalue weighted by atomic mass is 35.5. The van der Waals surface area contributed by atoms with Gasteiger partial charge in [0.1, 0.15) is 5.60 Å². The highest BCUT2D eigenvalue weighted by Crippen LogP contribution is 2.23. The molecule has 0 bridgehead atoms. The first-order valence-corrected chi connectivity index (χ1v) is 8.11. The fourth-order valence-electron chi connectivity index (χ4n) is 2.62. The Hall–Kier alpha value is -2.01. The number of fused-ring (bicyclic) bond motifs is 1. The van der Waals surface area contributed by atoms with Gasteiger partial charge in [-0.2, -0.15) is 0 Å². The Morgan fingerprint density at radius 1 is 1.08 bits per heavy atom. The van der Waals surface area contributed by atoms with E-state index in [-0.39, 0.29) is 6.61 Å². The first-order valence-electron chi connectivity index (χ1n) is 7.73. The van der Waals surface area contributed by atoms with Crippen LogP contribution in [0.2, 0.25) is 5.02 Å². The SMILES string of the molecule is CC(C)(O)c1cc(CO)cc(Cc2ccc3ncc(Cl)cc3c2)n1. The number of aliphatic hydroxyl groups is 2. The minimum atomic E-state index is -1.05. The van der Waals surface area contributed by atoms with Crippen molar-refractivity contribution in [2.45, 2.75) is 32.5 Å². The van der Waals surface area contributed by atoms with E-state index in [0.29, 0.717) is 17.1 Å². The molecule has 3 aromatic rings. The maximum absolute atomic E-state index is 10.2. The van der Waals surface area contributed by atoms with E-state index in [9.17, 15) is 10.2 Å². The van der Waals surface area contributed by atoms with Crippen molar-refractivity contribution in [3.8, 4) is 0 Å². The summed E-state index contributed by atoms with van der Waals surface area (Å²) < 4.78 is 0. The number of aromatic nitrogens is 2. The van der Waals surface area contributed by atoms with Gasteiger partial charge in [0.15, 0.2) is 0 Å². The molecule has 0 aliphatic heterocycles. The number of pyridine rings is 2. The highest BCUT2D eigenvalue weighted by Gasteiger charge is 2.19. The van der Waals surface area contributed by atoms with Crippen molar-refractivity contribution in [2.24, 2.45) is 0 Å². The fourth-order valence-corrected chi connectivity index (χ4v) is 2.79. The third-order valence-corrected chi connectivity index (χ3v) is 4.05. The van der Waals surface area contributed by atoms with Crippen LogP contribution in [0.3, 0.4) is 0 Å². The smallest absolute Gasteiger partial charge is 0.101 e. The third kappa shape index (κ3) is 3.73. The number of hydrogen-bond donors (Lipinski definition) is 2. The van der Waals surface area contributed by atoms with Crippen LogP contribution in [0.1, 0.15) is 36.4 Å². The van der Waals surface area contributed by atoms with E-state index in [1.54, 1.807) is 26.1 Å². The Bertz CT molecular complexity index is 888. The van der Waals surface area contributed by atoms with Crippen molar-refractivity contribution in [1.29, 1.82) is 0 Å². The quantitative estimate of drug-likeness (QED) is 0.760. The second kappa shape index (κ2) is 6.48. The molecule has 124 valence electrons. The summed E-state index contributed by atoms with van der Waals surface area (Å²) in [5, 5.41) is 21.2. The zero-order chi connectivity index (χ0) is 17.3. The van der Waals surface area contributed by atoms with Gasteiger partial charge >= 0.3 is 0 Å². The van der Waals surface area contributed by atoms with Gasteiger partial charge in [-0.05, 0) is 55.3 Å². The van der Waals surface area contributed by atoms with E-state index < -0.39 is 5.60 Å². The zero-order valence-electron chi connectivity index (χ0n) is 13.6. The van der Waals surface area contributed by atoms with Crippen LogP contribution in [0, 0.1) is 0 Å². The van der Waals surface area contributed by atoms with Gasteiger partial charge in [-0.25, -0.2) is 0 Å². The molecule has 0 saturated carbocycles. The maximum atomic E-state index is 10.2. The van der Waals surface area contributed by atoms with Crippen LogP contribution in [0.25, 0.3) is 10.9 Å². The summed E-state index contributed by atoms with van der Waals surface area (Å²) in [6.45, 7) is 3.28. The Morgan fingerprint density at radius 3 is 2.58 bits per heavy atom. The first-order chi connectivity index (χ1) is 11.3. The molecule has 5 heteroatoms. The summed E-state index contributed by atoms with van der Waals surface area (Å²) in [5.74, 6) is 0. The molecule has 2 N–H and O–H groups in total. The van der Waals surface area contributed by atoms with E-state index in [1.807, 2.05) is 30.3 Å². The topological polar surface area (TPSA) is 66.2 Å². The van der Waals surface area contributed by atoms with Gasteiger partial charge in [-0.3, -0.25) is 9.97 Å². The Kier molecular flexibility index (Phi) is 4.54. The van der Waals surface area contributed by atoms with Crippen molar-refractivity contribution >= 4 is 22.5 Å². The number of nitrogens with zero attached hydrogens (tertiary/aromatic N) is 2. The minimum Gasteiger partial charge on any atom is -0.392 e. The molecule has 3 rings (SSSR count). The van der Waals surface area contributed by atoms with Crippen LogP contribution in [-0.4, -0.2) is 20.2 Å². The van der Waals surface area contributed by atoms with Crippen molar-refractivity contribution in [1.82, 2.24) is 9.97 Å². The largest absolute Gasteiger partial charge is 0.392 e. The summed E-state index contributed by atoms with van der Waals surface area (Å²) in [6.07, 6.45) is 2.23. The Morgan fingerprint density at radius 2 is 1.88 bits per heavy atom. The Balaban J connectivity index is 1.98. The van der Waals surface area contributed by atoms with Gasteiger partial charge in [0.25, 0.3) is 0 Å². The maximum Gasteiger partial charge on any atom is 0.101 e. The monoisotopic (exact) mass is 342 g/mol. The second-order valence-electron chi connectivity index (χ2n) is 6.43. The van der Waals surface area contributed by atoms with E-state index in [1.165, 1.54) is 0 Å². The number of rotatable bonds is 4. The lowest BCUT2D eigenvalue weighted by Crippen LogP contribution is -2.19. The van der Waals surface area contributed by atoms with Crippen molar-refractivity contribution in [3.05, 3.63) is 70.1 Å². The molecular weight excluding hydrogens is 324 g/mol. The Labute approximate surface area is 145 Å². The molecule has 0 aliphatic carbocycles. The molecule has 1 aromatic carbocycles. The van der Waals surface area contributed by atoms with Gasteiger partial charge in [-0.1, -0.05) is 17.7 Å². The average molecular weight is 343 g/mol. The zero-order valence-corrected chi connectivity index (χ0v) is 14.4. The second-order valence-corrected chi connectivity index (χ2v) is 6.86. The molecule has 0 atom stereocenters. The first kappa shape index (κ1) is 16.8. The predicted molar refractivity (Wildman–Crippen MR) is 95.0 cm³/mol. The van der Waals surface area contributed by atoms with Gasteiger partial charge in [-0.15, -0.1) is 0 Å². The van der Waals surface area contributed by atoms with E-state index >= 15 is 0 Å². The molecule has 0 aliphatic rings. The number of aliphatic hydroxyl groups excluding tert-OH is 1. The van der Waals surface area contributed by atoms with Gasteiger partial charge < -0.3 is 10.2 Å². The molecule has 0 saturated heterocycles. The molecule has 0 unspecified atom stereocenters. The molecule has 0 amide bonds. The minimum absolute atomic E-state index is 0.0875. The van der Waals surface area contributed by atoms with E-state index in [2.05, 4.69) is 9.97 Å². The summed E-state index contributed by atoms with van der Waals surface area (Å²) in [5.41, 5.74) is 2.99. The summed E-state index contributed by atoms with van der Waals surface area (Å²) in [4.78, 5) is 8.83. The lowest BCUT2D eigenvalue weighted by Gasteiger charge is -2.18. The third-order valence-electron chi connectivity index (χ3n) is 3.85. The molecular formula is C19H19ClN2O2. The molecule has 0 spiro atoms. The van der Waals surface area contributed by atoms with Crippen LogP contribution in [0.15, 0.2) is 42.6 Å². The summed E-state index contributed by atoms with van der Waals surface area (Å²) in [7, 11) is 0. The number of hydrogen-bond acceptors (Lipinski definition) is 4. The predicted octanol–water partition coefficient (Wildman–Crippen LogP) is 3.59. The summed E-state index contributed by atoms with van der Waals surface area (Å²) in [6, 6.07) is 11.5. The molecule has 0 radical (unpaired) electrons. The van der Waals surface area contributed by atoms with E-state index in [4.69, 9.17) is 11.6 Å². The fraction of sp³-hybridized carbons (Fsp3) is 0.263. The van der Waals surface area contributed by atoms with Crippen LogP contribution < -0.4 is 0 Å². The average Bonchev–Trinajstić information content (AvgIpc) is 2.53. The molecule has 4 nitrogen and oxygen atoms in total. The molecule has 24 heavy (non-hydrogen) atoms. The van der Waals surface area contributed by atoms with Gasteiger partial charge in [0.2, 0.25) is 0 Å².